The second kappa shape index (κ2) is 9.23. The van der Waals surface area contributed by atoms with E-state index in [0.717, 1.165) is 23.0 Å². The minimum atomic E-state index is -5.89. The van der Waals surface area contributed by atoms with E-state index < -0.39 is 7.99 Å². The van der Waals surface area contributed by atoms with E-state index in [9.17, 15) is 8.39 Å². The summed E-state index contributed by atoms with van der Waals surface area (Å²) in [5.41, 5.74) is 3.07. The lowest BCUT2D eigenvalue weighted by atomic mass is 10.3. The van der Waals surface area contributed by atoms with E-state index in [1.54, 1.807) is 0 Å². The summed E-state index contributed by atoms with van der Waals surface area (Å²) in [7, 11) is -5.89. The average molecular weight is 414 g/mol. The average Bonchev–Trinajstić information content (AvgIpc) is 3.13. The number of nitrogens with one attached hydrogen (secondary N) is 1. The van der Waals surface area contributed by atoms with Gasteiger partial charge in [-0.1, -0.05) is 54.6 Å². The van der Waals surface area contributed by atoms with Crippen molar-refractivity contribution in [1.29, 1.82) is 0 Å². The molecular weight excluding hydrogens is 397 g/mol. The van der Waals surface area contributed by atoms with E-state index in [1.165, 1.54) is 0 Å². The molecular formula is C20H17F2N4O2P. The summed E-state index contributed by atoms with van der Waals surface area (Å²) in [6, 6.07) is 30.3. The topological polar surface area (TPSA) is 73.9 Å². The first-order chi connectivity index (χ1) is 13.9. The number of nitrogens with zero attached hydrogens (tertiary/aromatic N) is 3. The maximum atomic E-state index is 10.0. The fourth-order valence-electron chi connectivity index (χ4n) is 2.56. The van der Waals surface area contributed by atoms with Crippen LogP contribution in [0.25, 0.3) is 11.4 Å². The van der Waals surface area contributed by atoms with Gasteiger partial charge in [-0.3, -0.25) is 9.88 Å². The summed E-state index contributed by atoms with van der Waals surface area (Å²) in [5, 5.41) is 8.11. The van der Waals surface area contributed by atoms with Gasteiger partial charge in [0.1, 0.15) is 5.69 Å². The maximum absolute atomic E-state index is 10.0. The Morgan fingerprint density at radius 1 is 0.862 bits per heavy atom. The molecule has 3 aromatic carbocycles. The molecule has 9 heteroatoms. The standard InChI is InChI=1S/C20H17N4.F2HO2P/c1-4-10-17(11-5-1)21-20-22-24(19-14-8-3-9-15-19)16-23(20)18-12-6-2-7-13-18;1-5(2,3)4/h1-16H,(H,21,22);(H,3,4)/q+1;/p-1. The van der Waals surface area contributed by atoms with Gasteiger partial charge in [-0.15, -0.1) is 4.68 Å². The molecule has 0 radical (unpaired) electrons. The predicted octanol–water partition coefficient (Wildman–Crippen LogP) is 4.29. The molecule has 4 aromatic rings. The molecule has 0 aliphatic heterocycles. The summed E-state index contributed by atoms with van der Waals surface area (Å²) in [6.07, 6.45) is 1.98. The summed E-state index contributed by atoms with van der Waals surface area (Å²) in [6.45, 7) is 0. The predicted molar refractivity (Wildman–Crippen MR) is 105 cm³/mol. The highest BCUT2D eigenvalue weighted by atomic mass is 31.2. The number of hydrogen-bond acceptors (Lipinski definition) is 4. The summed E-state index contributed by atoms with van der Waals surface area (Å²) in [5.74, 6) is 0.760. The Morgan fingerprint density at radius 3 is 1.90 bits per heavy atom. The van der Waals surface area contributed by atoms with Crippen LogP contribution in [0.4, 0.5) is 20.0 Å². The van der Waals surface area contributed by atoms with Crippen molar-refractivity contribution in [1.82, 2.24) is 9.78 Å². The van der Waals surface area contributed by atoms with Gasteiger partial charge in [0.2, 0.25) is 6.33 Å². The second-order valence-electron chi connectivity index (χ2n) is 5.83. The zero-order chi connectivity index (χ0) is 20.7. The number of rotatable bonds is 4. The highest BCUT2D eigenvalue weighted by Crippen LogP contribution is 2.37. The molecule has 0 spiro atoms. The molecule has 0 atom stereocenters. The molecule has 0 amide bonds. The van der Waals surface area contributed by atoms with Crippen molar-refractivity contribution in [2.24, 2.45) is 0 Å². The third-order valence-corrected chi connectivity index (χ3v) is 3.74. The van der Waals surface area contributed by atoms with Crippen molar-refractivity contribution in [2.75, 3.05) is 5.32 Å². The normalized spacial score (nSPS) is 10.7. The Kier molecular flexibility index (Phi) is 6.49. The van der Waals surface area contributed by atoms with E-state index in [0.29, 0.717) is 0 Å². The van der Waals surface area contributed by atoms with Crippen molar-refractivity contribution < 1.29 is 22.4 Å². The zero-order valence-corrected chi connectivity index (χ0v) is 16.0. The molecule has 0 unspecified atom stereocenters. The molecule has 1 N–H and O–H groups in total. The largest absolute Gasteiger partial charge is 0.749 e. The molecule has 0 saturated carbocycles. The second-order valence-corrected chi connectivity index (χ2v) is 6.66. The molecule has 29 heavy (non-hydrogen) atoms. The van der Waals surface area contributed by atoms with Crippen LogP contribution in [0.1, 0.15) is 0 Å². The Labute approximate surface area is 166 Å². The Hall–Kier alpha value is -3.35. The monoisotopic (exact) mass is 414 g/mol. The number of para-hydroxylation sites is 3. The van der Waals surface area contributed by atoms with Gasteiger partial charge in [0.25, 0.3) is 0 Å². The molecule has 4 rings (SSSR count). The fourth-order valence-corrected chi connectivity index (χ4v) is 2.56. The van der Waals surface area contributed by atoms with Gasteiger partial charge in [0.15, 0.2) is 0 Å². The molecule has 0 aliphatic rings. The van der Waals surface area contributed by atoms with Crippen molar-refractivity contribution >= 4 is 19.6 Å². The lowest BCUT2D eigenvalue weighted by Gasteiger charge is -2.01. The molecule has 148 valence electrons. The van der Waals surface area contributed by atoms with Crippen molar-refractivity contribution in [3.05, 3.63) is 97.3 Å². The van der Waals surface area contributed by atoms with Crippen LogP contribution in [0.3, 0.4) is 0 Å². The Morgan fingerprint density at radius 2 is 1.34 bits per heavy atom. The van der Waals surface area contributed by atoms with E-state index in [4.69, 9.17) is 14.6 Å². The SMILES string of the molecule is O=P([O-])(F)F.c1ccc(Nc2nn(-c3ccccc3)c[n+]2-c2ccccc2)cc1. The minimum absolute atomic E-state index is 0.760. The Balaban J connectivity index is 0.000000431. The fraction of sp³-hybridized carbons (Fsp3) is 0. The molecule has 0 bridgehead atoms. The van der Waals surface area contributed by atoms with Crippen molar-refractivity contribution in [3.8, 4) is 11.4 Å². The zero-order valence-electron chi connectivity index (χ0n) is 15.1. The quantitative estimate of drug-likeness (QED) is 0.400. The molecule has 0 saturated heterocycles. The van der Waals surface area contributed by atoms with Crippen LogP contribution in [0.5, 0.6) is 0 Å². The number of halogens is 2. The minimum Gasteiger partial charge on any atom is -0.749 e. The van der Waals surface area contributed by atoms with Crippen LogP contribution in [0.15, 0.2) is 97.3 Å². The third-order valence-electron chi connectivity index (χ3n) is 3.74. The van der Waals surface area contributed by atoms with E-state index >= 15 is 0 Å². The molecule has 6 nitrogen and oxygen atoms in total. The van der Waals surface area contributed by atoms with Crippen LogP contribution in [0.2, 0.25) is 0 Å². The first kappa shape index (κ1) is 20.4. The van der Waals surface area contributed by atoms with Gasteiger partial charge in [-0.25, -0.2) is 0 Å². The van der Waals surface area contributed by atoms with E-state index in [-0.39, 0.29) is 0 Å². The summed E-state index contributed by atoms with van der Waals surface area (Å²) >= 11 is 0. The van der Waals surface area contributed by atoms with Crippen LogP contribution in [-0.4, -0.2) is 9.78 Å². The lowest BCUT2D eigenvalue weighted by molar-refractivity contribution is -0.581. The number of hydrogen-bond donors (Lipinski definition) is 1. The van der Waals surface area contributed by atoms with Gasteiger partial charge < -0.3 is 4.89 Å². The molecule has 0 aliphatic carbocycles. The van der Waals surface area contributed by atoms with Gasteiger partial charge in [0.05, 0.1) is 11.4 Å². The summed E-state index contributed by atoms with van der Waals surface area (Å²) in [4.78, 5) is 8.33. The molecule has 1 heterocycles. The van der Waals surface area contributed by atoms with E-state index in [1.807, 2.05) is 94.4 Å². The number of benzene rings is 3. The maximum Gasteiger partial charge on any atom is 0.387 e. The summed E-state index contributed by atoms with van der Waals surface area (Å²) < 4.78 is 32.3. The van der Waals surface area contributed by atoms with E-state index in [2.05, 4.69) is 17.4 Å². The van der Waals surface area contributed by atoms with Crippen LogP contribution in [0, 0.1) is 0 Å². The van der Waals surface area contributed by atoms with Crippen molar-refractivity contribution in [3.63, 3.8) is 0 Å². The molecule has 0 fully saturated rings. The van der Waals surface area contributed by atoms with Gasteiger partial charge in [-0.2, -0.15) is 13.0 Å². The van der Waals surface area contributed by atoms with Crippen LogP contribution < -0.4 is 14.8 Å². The highest BCUT2D eigenvalue weighted by Gasteiger charge is 2.18. The first-order valence-electron chi connectivity index (χ1n) is 8.55. The van der Waals surface area contributed by atoms with Gasteiger partial charge in [-0.05, 0) is 36.4 Å². The first-order valence-corrected chi connectivity index (χ1v) is 9.95. The Bertz CT molecular complexity index is 1080. The van der Waals surface area contributed by atoms with Gasteiger partial charge in [0, 0.05) is 5.10 Å². The third kappa shape index (κ3) is 6.34. The smallest absolute Gasteiger partial charge is 0.387 e. The van der Waals surface area contributed by atoms with Crippen molar-refractivity contribution in [2.45, 2.75) is 0 Å². The number of aromatic nitrogens is 3. The lowest BCUT2D eigenvalue weighted by Crippen LogP contribution is -2.31. The molecule has 1 aromatic heterocycles. The van der Waals surface area contributed by atoms with Gasteiger partial charge >= 0.3 is 13.9 Å². The highest BCUT2D eigenvalue weighted by molar-refractivity contribution is 7.44. The van der Waals surface area contributed by atoms with Crippen LogP contribution in [-0.2, 0) is 4.57 Å². The van der Waals surface area contributed by atoms with Crippen LogP contribution >= 0.6 is 7.99 Å². The number of anilines is 2.